The predicted molar refractivity (Wildman–Crippen MR) is 130 cm³/mol. The zero-order valence-corrected chi connectivity index (χ0v) is 19.3. The summed E-state index contributed by atoms with van der Waals surface area (Å²) in [6, 6.07) is 20.5. The highest BCUT2D eigenvalue weighted by molar-refractivity contribution is 6.33. The summed E-state index contributed by atoms with van der Waals surface area (Å²) in [5, 5.41) is 21.4. The molecule has 0 saturated carbocycles. The van der Waals surface area contributed by atoms with E-state index in [1.807, 2.05) is 48.5 Å². The Kier molecular flexibility index (Phi) is 8.40. The van der Waals surface area contributed by atoms with Gasteiger partial charge in [-0.05, 0) is 41.4 Å². The molecule has 0 heterocycles. The standard InChI is InChI=1S/C26H25ClN2O5/c1-29(16-24(30)31)15-19-6-2-3-7-20(19)18-12-10-17(11-13-18)14-23(26(33)34)28-25(32)21-8-4-5-9-22(21)27/h2-13,23H,14-16H2,1H3,(H,28,32)(H,30,31)(H,33,34). The third kappa shape index (κ3) is 6.66. The number of nitrogens with one attached hydrogen (secondary N) is 1. The first-order chi connectivity index (χ1) is 16.2. The minimum Gasteiger partial charge on any atom is -0.480 e. The van der Waals surface area contributed by atoms with Crippen molar-refractivity contribution in [3.63, 3.8) is 0 Å². The maximum Gasteiger partial charge on any atom is 0.326 e. The summed E-state index contributed by atoms with van der Waals surface area (Å²) in [7, 11) is 1.75. The number of hydrogen-bond donors (Lipinski definition) is 3. The third-order valence-electron chi connectivity index (χ3n) is 5.29. The lowest BCUT2D eigenvalue weighted by Crippen LogP contribution is -2.42. The van der Waals surface area contributed by atoms with Crippen molar-refractivity contribution in [2.75, 3.05) is 13.6 Å². The second-order valence-electron chi connectivity index (χ2n) is 7.97. The molecule has 0 aliphatic rings. The molecule has 0 spiro atoms. The van der Waals surface area contributed by atoms with Crippen molar-refractivity contribution in [2.24, 2.45) is 0 Å². The Bertz CT molecular complexity index is 1180. The Morgan fingerprint density at radius 3 is 2.24 bits per heavy atom. The number of amides is 1. The molecule has 34 heavy (non-hydrogen) atoms. The van der Waals surface area contributed by atoms with E-state index in [0.717, 1.165) is 22.3 Å². The Labute approximate surface area is 202 Å². The zero-order valence-electron chi connectivity index (χ0n) is 18.6. The topological polar surface area (TPSA) is 107 Å². The number of hydrogen-bond acceptors (Lipinski definition) is 4. The van der Waals surface area contributed by atoms with E-state index < -0.39 is 23.9 Å². The monoisotopic (exact) mass is 480 g/mol. The molecule has 0 aliphatic heterocycles. The third-order valence-corrected chi connectivity index (χ3v) is 5.62. The Morgan fingerprint density at radius 2 is 1.59 bits per heavy atom. The first-order valence-electron chi connectivity index (χ1n) is 10.6. The maximum absolute atomic E-state index is 12.5. The van der Waals surface area contributed by atoms with Gasteiger partial charge in [-0.15, -0.1) is 0 Å². The maximum atomic E-state index is 12.5. The summed E-state index contributed by atoms with van der Waals surface area (Å²) in [5.41, 5.74) is 3.84. The van der Waals surface area contributed by atoms with Crippen LogP contribution in [0.5, 0.6) is 0 Å². The second-order valence-corrected chi connectivity index (χ2v) is 8.38. The van der Waals surface area contributed by atoms with Gasteiger partial charge in [0.15, 0.2) is 0 Å². The van der Waals surface area contributed by atoms with E-state index in [4.69, 9.17) is 16.7 Å². The number of carbonyl (C=O) groups is 3. The fourth-order valence-electron chi connectivity index (χ4n) is 3.65. The van der Waals surface area contributed by atoms with Crippen molar-refractivity contribution >= 4 is 29.4 Å². The average molecular weight is 481 g/mol. The fraction of sp³-hybridized carbons (Fsp3) is 0.192. The molecule has 1 unspecified atom stereocenters. The molecule has 176 valence electrons. The average Bonchev–Trinajstić information content (AvgIpc) is 2.79. The number of aliphatic carboxylic acids is 2. The molecule has 3 aromatic carbocycles. The van der Waals surface area contributed by atoms with Gasteiger partial charge >= 0.3 is 11.9 Å². The molecular formula is C26H25ClN2O5. The number of likely N-dealkylation sites (N-methyl/N-ethyl adjacent to an activating group) is 1. The van der Waals surface area contributed by atoms with Gasteiger partial charge in [-0.25, -0.2) is 4.79 Å². The molecule has 3 aromatic rings. The van der Waals surface area contributed by atoms with Crippen LogP contribution in [0.4, 0.5) is 0 Å². The molecule has 0 aromatic heterocycles. The minimum atomic E-state index is -1.14. The van der Waals surface area contributed by atoms with Gasteiger partial charge in [-0.2, -0.15) is 0 Å². The Morgan fingerprint density at radius 1 is 0.941 bits per heavy atom. The Hall–Kier alpha value is -3.68. The highest BCUT2D eigenvalue weighted by Gasteiger charge is 2.22. The van der Waals surface area contributed by atoms with Crippen LogP contribution in [0.25, 0.3) is 11.1 Å². The quantitative estimate of drug-likeness (QED) is 0.405. The minimum absolute atomic E-state index is 0.0657. The lowest BCUT2D eigenvalue weighted by atomic mass is 9.97. The van der Waals surface area contributed by atoms with Crippen LogP contribution in [0.1, 0.15) is 21.5 Å². The van der Waals surface area contributed by atoms with Crippen LogP contribution < -0.4 is 5.32 Å². The predicted octanol–water partition coefficient (Wildman–Crippen LogP) is 3.95. The smallest absolute Gasteiger partial charge is 0.326 e. The number of nitrogens with zero attached hydrogens (tertiary/aromatic N) is 1. The molecule has 1 amide bonds. The van der Waals surface area contributed by atoms with Crippen LogP contribution in [0, 0.1) is 0 Å². The number of carboxylic acids is 2. The van der Waals surface area contributed by atoms with Gasteiger partial charge in [0.2, 0.25) is 0 Å². The van der Waals surface area contributed by atoms with E-state index in [0.29, 0.717) is 6.54 Å². The van der Waals surface area contributed by atoms with Crippen molar-refractivity contribution in [3.05, 3.63) is 94.5 Å². The second kappa shape index (κ2) is 11.4. The summed E-state index contributed by atoms with van der Waals surface area (Å²) < 4.78 is 0. The summed E-state index contributed by atoms with van der Waals surface area (Å²) in [5.74, 6) is -2.58. The van der Waals surface area contributed by atoms with Gasteiger partial charge in [0, 0.05) is 13.0 Å². The van der Waals surface area contributed by atoms with Crippen LogP contribution in [0.2, 0.25) is 5.02 Å². The van der Waals surface area contributed by atoms with Crippen molar-refractivity contribution in [1.29, 1.82) is 0 Å². The summed E-state index contributed by atoms with van der Waals surface area (Å²) in [6.45, 7) is 0.406. The highest BCUT2D eigenvalue weighted by Crippen LogP contribution is 2.25. The largest absolute Gasteiger partial charge is 0.480 e. The van der Waals surface area contributed by atoms with Gasteiger partial charge in [-0.3, -0.25) is 14.5 Å². The molecule has 3 rings (SSSR count). The Balaban J connectivity index is 1.74. The lowest BCUT2D eigenvalue weighted by molar-refractivity contribution is -0.139. The number of halogens is 1. The van der Waals surface area contributed by atoms with Gasteiger partial charge < -0.3 is 15.5 Å². The van der Waals surface area contributed by atoms with Crippen molar-refractivity contribution in [2.45, 2.75) is 19.0 Å². The molecule has 0 bridgehead atoms. The van der Waals surface area contributed by atoms with Crippen LogP contribution in [-0.2, 0) is 22.6 Å². The fourth-order valence-corrected chi connectivity index (χ4v) is 3.88. The van der Waals surface area contributed by atoms with Crippen molar-refractivity contribution in [3.8, 4) is 11.1 Å². The van der Waals surface area contributed by atoms with Gasteiger partial charge in [-0.1, -0.05) is 72.3 Å². The van der Waals surface area contributed by atoms with E-state index >= 15 is 0 Å². The number of carboxylic acid groups (broad SMARTS) is 2. The molecule has 3 N–H and O–H groups in total. The molecule has 1 atom stereocenters. The zero-order chi connectivity index (χ0) is 24.7. The van der Waals surface area contributed by atoms with Gasteiger partial charge in [0.1, 0.15) is 6.04 Å². The van der Waals surface area contributed by atoms with E-state index in [-0.39, 0.29) is 23.6 Å². The van der Waals surface area contributed by atoms with E-state index in [9.17, 15) is 19.5 Å². The first-order valence-corrected chi connectivity index (χ1v) is 11.0. The normalized spacial score (nSPS) is 11.7. The molecule has 8 heteroatoms. The van der Waals surface area contributed by atoms with Gasteiger partial charge in [0.05, 0.1) is 17.1 Å². The van der Waals surface area contributed by atoms with Crippen molar-refractivity contribution in [1.82, 2.24) is 10.2 Å². The van der Waals surface area contributed by atoms with Crippen molar-refractivity contribution < 1.29 is 24.6 Å². The van der Waals surface area contributed by atoms with Crippen LogP contribution in [0.15, 0.2) is 72.8 Å². The highest BCUT2D eigenvalue weighted by atomic mass is 35.5. The van der Waals surface area contributed by atoms with Gasteiger partial charge in [0.25, 0.3) is 5.91 Å². The number of rotatable bonds is 10. The number of benzene rings is 3. The molecule has 0 radical (unpaired) electrons. The summed E-state index contributed by atoms with van der Waals surface area (Å²) in [4.78, 5) is 37.0. The van der Waals surface area contributed by atoms with Crippen LogP contribution >= 0.6 is 11.6 Å². The number of carbonyl (C=O) groups excluding carboxylic acids is 1. The summed E-state index contributed by atoms with van der Waals surface area (Å²) in [6.07, 6.45) is 0.106. The van der Waals surface area contributed by atoms with E-state index in [1.54, 1.807) is 30.1 Å². The molecule has 0 fully saturated rings. The molecule has 7 nitrogen and oxygen atoms in total. The van der Waals surface area contributed by atoms with Crippen LogP contribution in [0.3, 0.4) is 0 Å². The van der Waals surface area contributed by atoms with E-state index in [2.05, 4.69) is 5.32 Å². The first kappa shape index (κ1) is 25.0. The molecule has 0 aliphatic carbocycles. The van der Waals surface area contributed by atoms with Crippen LogP contribution in [-0.4, -0.2) is 52.6 Å². The lowest BCUT2D eigenvalue weighted by Gasteiger charge is -2.18. The summed E-state index contributed by atoms with van der Waals surface area (Å²) >= 11 is 6.05. The molecular weight excluding hydrogens is 456 g/mol. The SMILES string of the molecule is CN(CC(=O)O)Cc1ccccc1-c1ccc(CC(NC(=O)c2ccccc2Cl)C(=O)O)cc1. The molecule has 0 saturated heterocycles. The van der Waals surface area contributed by atoms with E-state index in [1.165, 1.54) is 6.07 Å².